The molecule has 0 aliphatic carbocycles. The van der Waals surface area contributed by atoms with Crippen LogP contribution in [-0.4, -0.2) is 11.7 Å². The first-order valence-corrected chi connectivity index (χ1v) is 6.52. The second kappa shape index (κ2) is 6.48. The quantitative estimate of drug-likeness (QED) is 0.875. The Labute approximate surface area is 117 Å². The van der Waals surface area contributed by atoms with Crippen molar-refractivity contribution in [2.45, 2.75) is 19.4 Å². The SMILES string of the molecule is CC(NCCc1cc(F)cc(F)c1)c1ccc(O)cc1. The first-order chi connectivity index (χ1) is 9.54. The first-order valence-electron chi connectivity index (χ1n) is 6.52. The topological polar surface area (TPSA) is 32.3 Å². The Hall–Kier alpha value is -1.94. The van der Waals surface area contributed by atoms with Crippen LogP contribution in [0, 0.1) is 11.6 Å². The van der Waals surface area contributed by atoms with Crippen LogP contribution in [0.2, 0.25) is 0 Å². The number of hydrogen-bond donors (Lipinski definition) is 2. The Morgan fingerprint density at radius 3 is 2.25 bits per heavy atom. The van der Waals surface area contributed by atoms with Crippen LogP contribution in [0.1, 0.15) is 24.1 Å². The van der Waals surface area contributed by atoms with Gasteiger partial charge in [-0.25, -0.2) is 8.78 Å². The highest BCUT2D eigenvalue weighted by atomic mass is 19.1. The molecule has 0 bridgehead atoms. The lowest BCUT2D eigenvalue weighted by Crippen LogP contribution is -2.21. The molecule has 2 aromatic rings. The molecule has 0 heterocycles. The van der Waals surface area contributed by atoms with E-state index in [-0.39, 0.29) is 11.8 Å². The standard InChI is InChI=1S/C16H17F2NO/c1-11(13-2-4-16(20)5-3-13)19-7-6-12-8-14(17)10-15(18)9-12/h2-5,8-11,19-20H,6-7H2,1H3. The lowest BCUT2D eigenvalue weighted by molar-refractivity contribution is 0.474. The fourth-order valence-electron chi connectivity index (χ4n) is 2.07. The number of hydrogen-bond acceptors (Lipinski definition) is 2. The minimum atomic E-state index is -0.549. The minimum absolute atomic E-state index is 0.106. The molecule has 106 valence electrons. The second-order valence-corrected chi connectivity index (χ2v) is 4.80. The third-order valence-electron chi connectivity index (χ3n) is 3.18. The van der Waals surface area contributed by atoms with Crippen molar-refractivity contribution < 1.29 is 13.9 Å². The lowest BCUT2D eigenvalue weighted by Gasteiger charge is -2.14. The number of aromatic hydroxyl groups is 1. The predicted molar refractivity (Wildman–Crippen MR) is 74.6 cm³/mol. The maximum absolute atomic E-state index is 13.0. The number of rotatable bonds is 5. The van der Waals surface area contributed by atoms with Crippen LogP contribution in [0.15, 0.2) is 42.5 Å². The molecule has 0 radical (unpaired) electrons. The van der Waals surface area contributed by atoms with Crippen LogP contribution in [0.5, 0.6) is 5.75 Å². The number of benzene rings is 2. The summed E-state index contributed by atoms with van der Waals surface area (Å²) in [5, 5.41) is 12.5. The Balaban J connectivity index is 1.87. The fourth-order valence-corrected chi connectivity index (χ4v) is 2.07. The molecule has 2 nitrogen and oxygen atoms in total. The molecular weight excluding hydrogens is 260 g/mol. The molecule has 0 aromatic heterocycles. The molecule has 0 saturated heterocycles. The van der Waals surface area contributed by atoms with Crippen LogP contribution in [-0.2, 0) is 6.42 Å². The van der Waals surface area contributed by atoms with E-state index in [2.05, 4.69) is 5.32 Å². The van der Waals surface area contributed by atoms with Gasteiger partial charge in [-0.2, -0.15) is 0 Å². The van der Waals surface area contributed by atoms with Crippen molar-refractivity contribution in [3.8, 4) is 5.75 Å². The van der Waals surface area contributed by atoms with Crippen LogP contribution >= 0.6 is 0 Å². The number of nitrogens with one attached hydrogen (secondary N) is 1. The van der Waals surface area contributed by atoms with Gasteiger partial charge >= 0.3 is 0 Å². The maximum Gasteiger partial charge on any atom is 0.126 e. The van der Waals surface area contributed by atoms with Crippen molar-refractivity contribution in [1.29, 1.82) is 0 Å². The fraction of sp³-hybridized carbons (Fsp3) is 0.250. The largest absolute Gasteiger partial charge is 0.508 e. The van der Waals surface area contributed by atoms with Gasteiger partial charge in [0.1, 0.15) is 17.4 Å². The molecule has 1 atom stereocenters. The summed E-state index contributed by atoms with van der Waals surface area (Å²) >= 11 is 0. The van der Waals surface area contributed by atoms with Crippen molar-refractivity contribution in [2.75, 3.05) is 6.54 Å². The Morgan fingerprint density at radius 1 is 1.05 bits per heavy atom. The van der Waals surface area contributed by atoms with Crippen molar-refractivity contribution in [2.24, 2.45) is 0 Å². The van der Waals surface area contributed by atoms with E-state index in [1.165, 1.54) is 12.1 Å². The Morgan fingerprint density at radius 2 is 1.65 bits per heavy atom. The van der Waals surface area contributed by atoms with Gasteiger partial charge < -0.3 is 10.4 Å². The predicted octanol–water partition coefficient (Wildman–Crippen LogP) is 3.56. The highest BCUT2D eigenvalue weighted by molar-refractivity contribution is 5.27. The van der Waals surface area contributed by atoms with Crippen LogP contribution in [0.3, 0.4) is 0 Å². The van der Waals surface area contributed by atoms with Gasteiger partial charge in [0.2, 0.25) is 0 Å². The van der Waals surface area contributed by atoms with Crippen molar-refractivity contribution in [1.82, 2.24) is 5.32 Å². The van der Waals surface area contributed by atoms with E-state index < -0.39 is 11.6 Å². The maximum atomic E-state index is 13.0. The molecule has 4 heteroatoms. The van der Waals surface area contributed by atoms with Crippen molar-refractivity contribution in [3.05, 3.63) is 65.2 Å². The van der Waals surface area contributed by atoms with E-state index in [1.807, 2.05) is 19.1 Å². The molecular formula is C16H17F2NO. The minimum Gasteiger partial charge on any atom is -0.508 e. The van der Waals surface area contributed by atoms with Crippen LogP contribution < -0.4 is 5.32 Å². The van der Waals surface area contributed by atoms with E-state index in [0.717, 1.165) is 11.6 Å². The molecule has 0 aliphatic heterocycles. The second-order valence-electron chi connectivity index (χ2n) is 4.80. The van der Waals surface area contributed by atoms with Crippen LogP contribution in [0.4, 0.5) is 8.78 Å². The number of phenolic OH excluding ortho intramolecular Hbond substituents is 1. The molecule has 0 saturated carbocycles. The first kappa shape index (κ1) is 14.5. The summed E-state index contributed by atoms with van der Waals surface area (Å²) in [6, 6.07) is 10.6. The Bertz CT molecular complexity index is 549. The molecule has 2 rings (SSSR count). The van der Waals surface area contributed by atoms with Crippen LogP contribution in [0.25, 0.3) is 0 Å². The Kier molecular flexibility index (Phi) is 4.69. The van der Waals surface area contributed by atoms with Gasteiger partial charge in [0.05, 0.1) is 0 Å². The van der Waals surface area contributed by atoms with E-state index in [1.54, 1.807) is 12.1 Å². The summed E-state index contributed by atoms with van der Waals surface area (Å²) in [5.41, 5.74) is 1.68. The van der Waals surface area contributed by atoms with Gasteiger partial charge in [0, 0.05) is 12.1 Å². The molecule has 0 fully saturated rings. The van der Waals surface area contributed by atoms with Crippen molar-refractivity contribution >= 4 is 0 Å². The normalized spacial score (nSPS) is 12.3. The van der Waals surface area contributed by atoms with Gasteiger partial charge in [-0.1, -0.05) is 12.1 Å². The molecule has 20 heavy (non-hydrogen) atoms. The molecule has 1 unspecified atom stereocenters. The molecule has 0 amide bonds. The summed E-state index contributed by atoms with van der Waals surface area (Å²) in [6.07, 6.45) is 0.553. The third kappa shape index (κ3) is 4.03. The molecule has 2 aromatic carbocycles. The molecule has 0 aliphatic rings. The monoisotopic (exact) mass is 277 g/mol. The lowest BCUT2D eigenvalue weighted by atomic mass is 10.1. The zero-order valence-electron chi connectivity index (χ0n) is 11.2. The summed E-state index contributed by atoms with van der Waals surface area (Å²) in [5.74, 6) is -0.866. The van der Waals surface area contributed by atoms with E-state index in [4.69, 9.17) is 0 Å². The summed E-state index contributed by atoms with van der Waals surface area (Å²) in [6.45, 7) is 2.61. The van der Waals surface area contributed by atoms with E-state index in [9.17, 15) is 13.9 Å². The van der Waals surface area contributed by atoms with E-state index in [0.29, 0.717) is 18.5 Å². The van der Waals surface area contributed by atoms with Gasteiger partial charge in [0.25, 0.3) is 0 Å². The van der Waals surface area contributed by atoms with E-state index >= 15 is 0 Å². The van der Waals surface area contributed by atoms with Gasteiger partial charge in [-0.05, 0) is 55.3 Å². The van der Waals surface area contributed by atoms with Gasteiger partial charge in [-0.3, -0.25) is 0 Å². The summed E-state index contributed by atoms with van der Waals surface area (Å²) < 4.78 is 26.1. The summed E-state index contributed by atoms with van der Waals surface area (Å²) in [4.78, 5) is 0. The molecule has 2 N–H and O–H groups in total. The van der Waals surface area contributed by atoms with Crippen molar-refractivity contribution in [3.63, 3.8) is 0 Å². The zero-order chi connectivity index (χ0) is 14.5. The third-order valence-corrected chi connectivity index (χ3v) is 3.18. The number of halogens is 2. The smallest absolute Gasteiger partial charge is 0.126 e. The van der Waals surface area contributed by atoms with Gasteiger partial charge in [0.15, 0.2) is 0 Å². The highest BCUT2D eigenvalue weighted by Crippen LogP contribution is 2.16. The average Bonchev–Trinajstić information content (AvgIpc) is 2.38. The average molecular weight is 277 g/mol. The number of phenols is 1. The summed E-state index contributed by atoms with van der Waals surface area (Å²) in [7, 11) is 0. The van der Waals surface area contributed by atoms with Gasteiger partial charge in [-0.15, -0.1) is 0 Å². The zero-order valence-corrected chi connectivity index (χ0v) is 11.2. The highest BCUT2D eigenvalue weighted by Gasteiger charge is 2.05. The molecule has 0 spiro atoms.